The average Bonchev–Trinajstić information content (AvgIpc) is 2.55. The number of benzene rings is 1. The molecule has 0 fully saturated rings. The van der Waals surface area contributed by atoms with Crippen molar-refractivity contribution in [1.82, 2.24) is 16.2 Å². The number of ether oxygens (including phenoxy) is 2. The summed E-state index contributed by atoms with van der Waals surface area (Å²) in [4.78, 5) is 35.0. The summed E-state index contributed by atoms with van der Waals surface area (Å²) in [6.45, 7) is 4.32. The largest absolute Gasteiger partial charge is 0.445 e. The highest BCUT2D eigenvalue weighted by molar-refractivity contribution is 5.86. The maximum atomic E-state index is 11.8. The Balaban J connectivity index is 2.39. The Morgan fingerprint density at radius 2 is 1.72 bits per heavy atom. The van der Waals surface area contributed by atoms with E-state index < -0.39 is 36.3 Å². The van der Waals surface area contributed by atoms with Gasteiger partial charge in [-0.15, -0.1) is 0 Å². The van der Waals surface area contributed by atoms with E-state index in [9.17, 15) is 19.5 Å². The molecule has 1 rings (SSSR count). The van der Waals surface area contributed by atoms with Crippen molar-refractivity contribution < 1.29 is 29.0 Å². The van der Waals surface area contributed by atoms with Crippen LogP contribution in [0.15, 0.2) is 30.3 Å². The van der Waals surface area contributed by atoms with Crippen molar-refractivity contribution in [3.05, 3.63) is 35.9 Å². The van der Waals surface area contributed by atoms with Crippen molar-refractivity contribution in [3.63, 3.8) is 0 Å². The van der Waals surface area contributed by atoms with Gasteiger partial charge in [0.2, 0.25) is 0 Å². The lowest BCUT2D eigenvalue weighted by Gasteiger charge is -2.21. The van der Waals surface area contributed by atoms with Crippen molar-refractivity contribution in [2.45, 2.75) is 39.0 Å². The SMILES string of the molecule is CC(C)(C)OC(=O)NNC(=O)[C@H](CO)NC(=O)OCc1ccccc1. The Bertz CT molecular complexity index is 585. The van der Waals surface area contributed by atoms with Crippen LogP contribution in [0.3, 0.4) is 0 Å². The molecule has 25 heavy (non-hydrogen) atoms. The molecular formula is C16H23N3O6. The van der Waals surface area contributed by atoms with E-state index in [1.54, 1.807) is 45.0 Å². The number of carbonyl (C=O) groups excluding carboxylic acids is 3. The molecule has 4 N–H and O–H groups in total. The molecule has 3 amide bonds. The Hall–Kier alpha value is -2.81. The molecule has 1 aromatic carbocycles. The summed E-state index contributed by atoms with van der Waals surface area (Å²) in [5, 5.41) is 11.4. The van der Waals surface area contributed by atoms with Gasteiger partial charge in [-0.05, 0) is 26.3 Å². The fourth-order valence-corrected chi connectivity index (χ4v) is 1.60. The number of carbonyl (C=O) groups is 3. The van der Waals surface area contributed by atoms with E-state index in [0.29, 0.717) is 0 Å². The molecular weight excluding hydrogens is 330 g/mol. The standard InChI is InChI=1S/C16H23N3O6/c1-16(2,3)25-15(23)19-18-13(21)12(9-20)17-14(22)24-10-11-7-5-4-6-8-11/h4-8,12,20H,9-10H2,1-3H3,(H,17,22)(H,18,21)(H,19,23)/t12-/m0/s1. The molecule has 0 aromatic heterocycles. The monoisotopic (exact) mass is 353 g/mol. The van der Waals surface area contributed by atoms with Gasteiger partial charge in [0.15, 0.2) is 0 Å². The minimum atomic E-state index is -1.29. The van der Waals surface area contributed by atoms with Crippen LogP contribution < -0.4 is 16.2 Å². The van der Waals surface area contributed by atoms with Crippen molar-refractivity contribution in [2.24, 2.45) is 0 Å². The predicted octanol–water partition coefficient (Wildman–Crippen LogP) is 0.830. The Morgan fingerprint density at radius 3 is 2.28 bits per heavy atom. The molecule has 0 aliphatic heterocycles. The smallest absolute Gasteiger partial charge is 0.426 e. The zero-order valence-corrected chi connectivity index (χ0v) is 14.4. The van der Waals surface area contributed by atoms with Crippen LogP contribution in [0.5, 0.6) is 0 Å². The second-order valence-electron chi connectivity index (χ2n) is 6.06. The van der Waals surface area contributed by atoms with Crippen LogP contribution in [0.25, 0.3) is 0 Å². The normalized spacial score (nSPS) is 11.8. The molecule has 0 spiro atoms. The molecule has 0 radical (unpaired) electrons. The molecule has 1 atom stereocenters. The average molecular weight is 353 g/mol. The first-order valence-corrected chi connectivity index (χ1v) is 7.58. The van der Waals surface area contributed by atoms with Gasteiger partial charge >= 0.3 is 12.2 Å². The predicted molar refractivity (Wildman–Crippen MR) is 88.1 cm³/mol. The molecule has 0 saturated carbocycles. The van der Waals surface area contributed by atoms with Crippen LogP contribution in [0, 0.1) is 0 Å². The number of aliphatic hydroxyl groups is 1. The summed E-state index contributed by atoms with van der Waals surface area (Å²) in [6, 6.07) is 7.67. The van der Waals surface area contributed by atoms with Crippen molar-refractivity contribution in [2.75, 3.05) is 6.61 Å². The molecule has 0 aliphatic carbocycles. The first-order chi connectivity index (χ1) is 11.7. The van der Waals surface area contributed by atoms with E-state index in [-0.39, 0.29) is 6.61 Å². The van der Waals surface area contributed by atoms with E-state index >= 15 is 0 Å². The van der Waals surface area contributed by atoms with Gasteiger partial charge in [-0.25, -0.2) is 15.0 Å². The Morgan fingerprint density at radius 1 is 1.08 bits per heavy atom. The van der Waals surface area contributed by atoms with Crippen LogP contribution in [-0.2, 0) is 20.9 Å². The van der Waals surface area contributed by atoms with Gasteiger partial charge < -0.3 is 19.9 Å². The van der Waals surface area contributed by atoms with Gasteiger partial charge in [-0.3, -0.25) is 10.2 Å². The molecule has 138 valence electrons. The van der Waals surface area contributed by atoms with Gasteiger partial charge in [0, 0.05) is 0 Å². The molecule has 9 nitrogen and oxygen atoms in total. The number of hydrazine groups is 1. The fourth-order valence-electron chi connectivity index (χ4n) is 1.60. The van der Waals surface area contributed by atoms with Gasteiger partial charge in [0.05, 0.1) is 6.61 Å². The number of alkyl carbamates (subject to hydrolysis) is 1. The second-order valence-corrected chi connectivity index (χ2v) is 6.06. The molecule has 0 bridgehead atoms. The molecule has 1 aromatic rings. The van der Waals surface area contributed by atoms with E-state index in [2.05, 4.69) is 5.32 Å². The zero-order valence-electron chi connectivity index (χ0n) is 14.4. The highest BCUT2D eigenvalue weighted by Gasteiger charge is 2.22. The van der Waals surface area contributed by atoms with Gasteiger partial charge in [0.1, 0.15) is 18.2 Å². The van der Waals surface area contributed by atoms with Crippen molar-refractivity contribution in [1.29, 1.82) is 0 Å². The van der Waals surface area contributed by atoms with Crippen molar-refractivity contribution >= 4 is 18.1 Å². The zero-order chi connectivity index (χ0) is 18.9. The van der Waals surface area contributed by atoms with E-state index in [4.69, 9.17) is 9.47 Å². The minimum Gasteiger partial charge on any atom is -0.445 e. The number of aliphatic hydroxyl groups excluding tert-OH is 1. The number of amides is 3. The lowest BCUT2D eigenvalue weighted by atomic mass is 10.2. The highest BCUT2D eigenvalue weighted by Crippen LogP contribution is 2.06. The maximum absolute atomic E-state index is 11.8. The van der Waals surface area contributed by atoms with Gasteiger partial charge in [0.25, 0.3) is 5.91 Å². The quantitative estimate of drug-likeness (QED) is 0.581. The summed E-state index contributed by atoms with van der Waals surface area (Å²) in [7, 11) is 0. The fraction of sp³-hybridized carbons (Fsp3) is 0.438. The summed E-state index contributed by atoms with van der Waals surface area (Å²) in [5.74, 6) is -0.829. The first kappa shape index (κ1) is 20.2. The first-order valence-electron chi connectivity index (χ1n) is 7.58. The number of hydrogen-bond donors (Lipinski definition) is 4. The molecule has 0 heterocycles. The number of nitrogens with one attached hydrogen (secondary N) is 3. The molecule has 9 heteroatoms. The topological polar surface area (TPSA) is 126 Å². The molecule has 0 unspecified atom stereocenters. The van der Waals surface area contributed by atoms with Crippen LogP contribution in [-0.4, -0.2) is 41.4 Å². The minimum absolute atomic E-state index is 0.0165. The lowest BCUT2D eigenvalue weighted by molar-refractivity contribution is -0.125. The highest BCUT2D eigenvalue weighted by atomic mass is 16.6. The van der Waals surface area contributed by atoms with Crippen LogP contribution in [0.1, 0.15) is 26.3 Å². The maximum Gasteiger partial charge on any atom is 0.426 e. The summed E-state index contributed by atoms with van der Waals surface area (Å²) >= 11 is 0. The summed E-state index contributed by atoms with van der Waals surface area (Å²) < 4.78 is 9.88. The van der Waals surface area contributed by atoms with Crippen LogP contribution in [0.2, 0.25) is 0 Å². The molecule has 0 aliphatic rings. The van der Waals surface area contributed by atoms with Gasteiger partial charge in [-0.1, -0.05) is 30.3 Å². The van der Waals surface area contributed by atoms with E-state index in [1.165, 1.54) is 0 Å². The third kappa shape index (κ3) is 8.56. The van der Waals surface area contributed by atoms with E-state index in [1.807, 2.05) is 16.9 Å². The number of hydrogen-bond acceptors (Lipinski definition) is 6. The second kappa shape index (κ2) is 9.48. The van der Waals surface area contributed by atoms with Crippen molar-refractivity contribution in [3.8, 4) is 0 Å². The summed E-state index contributed by atoms with van der Waals surface area (Å²) in [5.41, 5.74) is 4.10. The van der Waals surface area contributed by atoms with Crippen LogP contribution in [0.4, 0.5) is 9.59 Å². The van der Waals surface area contributed by atoms with E-state index in [0.717, 1.165) is 5.56 Å². The lowest BCUT2D eigenvalue weighted by Crippen LogP contribution is -2.54. The Kier molecular flexibility index (Phi) is 7.67. The third-order valence-electron chi connectivity index (χ3n) is 2.69. The number of rotatable bonds is 5. The third-order valence-corrected chi connectivity index (χ3v) is 2.69. The molecule has 0 saturated heterocycles. The summed E-state index contributed by atoms with van der Waals surface area (Å²) in [6.07, 6.45) is -1.75. The van der Waals surface area contributed by atoms with Gasteiger partial charge in [-0.2, -0.15) is 0 Å². The Labute approximate surface area is 145 Å². The van der Waals surface area contributed by atoms with Crippen LogP contribution >= 0.6 is 0 Å².